The van der Waals surface area contributed by atoms with E-state index in [9.17, 15) is 9.59 Å². The number of rotatable bonds is 6. The van der Waals surface area contributed by atoms with Crippen molar-refractivity contribution < 1.29 is 19.4 Å². The van der Waals surface area contributed by atoms with Gasteiger partial charge >= 0.3 is 11.9 Å². The van der Waals surface area contributed by atoms with Crippen LogP contribution in [-0.2, 0) is 4.74 Å². The maximum Gasteiger partial charge on any atom is 0.339 e. The molecular formula is C14H18O4. The number of aromatic carboxylic acids is 1. The summed E-state index contributed by atoms with van der Waals surface area (Å²) in [5.41, 5.74) is 0.0911. The van der Waals surface area contributed by atoms with Crippen molar-refractivity contribution in [1.29, 1.82) is 0 Å². The van der Waals surface area contributed by atoms with E-state index in [2.05, 4.69) is 0 Å². The Bertz CT molecular complexity index is 426. The molecule has 0 aliphatic rings. The highest BCUT2D eigenvalue weighted by Crippen LogP contribution is 2.14. The molecule has 0 bridgehead atoms. The second-order valence-corrected chi connectivity index (χ2v) is 4.07. The Labute approximate surface area is 107 Å². The first-order chi connectivity index (χ1) is 8.60. The van der Waals surface area contributed by atoms with Crippen LogP contribution in [0.1, 0.15) is 53.8 Å². The number of ether oxygens (including phenoxy) is 1. The van der Waals surface area contributed by atoms with Crippen molar-refractivity contribution in [2.45, 2.75) is 39.2 Å². The fourth-order valence-corrected chi connectivity index (χ4v) is 1.73. The highest BCUT2D eigenvalue weighted by Gasteiger charge is 2.19. The first-order valence-corrected chi connectivity index (χ1v) is 6.13. The second-order valence-electron chi connectivity index (χ2n) is 4.07. The Hall–Kier alpha value is -1.84. The minimum atomic E-state index is -1.12. The van der Waals surface area contributed by atoms with Crippen LogP contribution in [0.5, 0.6) is 0 Å². The Morgan fingerprint density at radius 3 is 2.33 bits per heavy atom. The van der Waals surface area contributed by atoms with Crippen molar-refractivity contribution in [2.24, 2.45) is 0 Å². The molecule has 4 heteroatoms. The van der Waals surface area contributed by atoms with Gasteiger partial charge in [0.15, 0.2) is 0 Å². The van der Waals surface area contributed by atoms with Gasteiger partial charge in [-0.05, 0) is 25.0 Å². The molecule has 0 aromatic heterocycles. The predicted octanol–water partition coefficient (Wildman–Crippen LogP) is 3.12. The molecule has 1 aromatic rings. The van der Waals surface area contributed by atoms with Crippen molar-refractivity contribution >= 4 is 11.9 Å². The van der Waals surface area contributed by atoms with E-state index < -0.39 is 11.9 Å². The van der Waals surface area contributed by atoms with Crippen molar-refractivity contribution in [3.05, 3.63) is 35.4 Å². The Morgan fingerprint density at radius 2 is 1.83 bits per heavy atom. The molecule has 1 N–H and O–H groups in total. The van der Waals surface area contributed by atoms with Gasteiger partial charge < -0.3 is 9.84 Å². The first kappa shape index (κ1) is 14.2. The molecule has 0 aliphatic carbocycles. The van der Waals surface area contributed by atoms with E-state index in [1.54, 1.807) is 12.1 Å². The first-order valence-electron chi connectivity index (χ1n) is 6.13. The molecule has 0 saturated heterocycles. The number of carboxylic acid groups (broad SMARTS) is 1. The van der Waals surface area contributed by atoms with E-state index in [0.717, 1.165) is 19.3 Å². The average Bonchev–Trinajstić information content (AvgIpc) is 2.38. The molecule has 0 saturated carbocycles. The van der Waals surface area contributed by atoms with Crippen LogP contribution in [0.25, 0.3) is 0 Å². The van der Waals surface area contributed by atoms with Gasteiger partial charge in [0, 0.05) is 0 Å². The zero-order chi connectivity index (χ0) is 13.5. The Balaban J connectivity index is 2.87. The number of hydrogen-bond donors (Lipinski definition) is 1. The van der Waals surface area contributed by atoms with E-state index in [-0.39, 0.29) is 17.2 Å². The summed E-state index contributed by atoms with van der Waals surface area (Å²) in [6.07, 6.45) is 2.29. The van der Waals surface area contributed by atoms with Gasteiger partial charge in [0.05, 0.1) is 11.1 Å². The summed E-state index contributed by atoms with van der Waals surface area (Å²) in [5, 5.41) is 9.00. The van der Waals surface area contributed by atoms with Gasteiger partial charge in [-0.15, -0.1) is 0 Å². The van der Waals surface area contributed by atoms with Gasteiger partial charge in [0.1, 0.15) is 6.10 Å². The summed E-state index contributed by atoms with van der Waals surface area (Å²) in [5.74, 6) is -1.68. The average molecular weight is 250 g/mol. The third-order valence-corrected chi connectivity index (χ3v) is 2.72. The summed E-state index contributed by atoms with van der Waals surface area (Å²) in [6.45, 7) is 3.96. The van der Waals surface area contributed by atoms with Crippen LogP contribution in [0.15, 0.2) is 24.3 Å². The van der Waals surface area contributed by atoms with E-state index >= 15 is 0 Å². The molecule has 0 fully saturated rings. The molecule has 0 heterocycles. The van der Waals surface area contributed by atoms with E-state index in [0.29, 0.717) is 0 Å². The van der Waals surface area contributed by atoms with Gasteiger partial charge in [-0.1, -0.05) is 32.4 Å². The molecule has 1 aromatic carbocycles. The number of carbonyl (C=O) groups excluding carboxylic acids is 1. The van der Waals surface area contributed by atoms with Crippen molar-refractivity contribution in [1.82, 2.24) is 0 Å². The monoisotopic (exact) mass is 250 g/mol. The summed E-state index contributed by atoms with van der Waals surface area (Å²) >= 11 is 0. The zero-order valence-electron chi connectivity index (χ0n) is 10.7. The number of esters is 1. The summed E-state index contributed by atoms with van der Waals surface area (Å²) in [7, 11) is 0. The number of hydrogen-bond acceptors (Lipinski definition) is 3. The molecule has 1 atom stereocenters. The molecule has 18 heavy (non-hydrogen) atoms. The number of carbonyl (C=O) groups is 2. The van der Waals surface area contributed by atoms with Crippen LogP contribution >= 0.6 is 0 Å². The molecule has 0 amide bonds. The fraction of sp³-hybridized carbons (Fsp3) is 0.429. The fourth-order valence-electron chi connectivity index (χ4n) is 1.73. The van der Waals surface area contributed by atoms with Crippen molar-refractivity contribution in [2.75, 3.05) is 0 Å². The van der Waals surface area contributed by atoms with Crippen molar-refractivity contribution in [3.63, 3.8) is 0 Å². The minimum Gasteiger partial charge on any atom is -0.478 e. The van der Waals surface area contributed by atoms with Gasteiger partial charge in [-0.2, -0.15) is 0 Å². The summed E-state index contributed by atoms with van der Waals surface area (Å²) in [4.78, 5) is 22.9. The number of carboxylic acids is 1. The normalized spacial score (nSPS) is 11.9. The van der Waals surface area contributed by atoms with Crippen LogP contribution in [0, 0.1) is 0 Å². The molecular weight excluding hydrogens is 232 g/mol. The van der Waals surface area contributed by atoms with Crippen LogP contribution < -0.4 is 0 Å². The van der Waals surface area contributed by atoms with Crippen LogP contribution in [0.4, 0.5) is 0 Å². The molecule has 0 aliphatic heterocycles. The van der Waals surface area contributed by atoms with Gasteiger partial charge in [-0.3, -0.25) is 0 Å². The topological polar surface area (TPSA) is 63.6 Å². The molecule has 4 nitrogen and oxygen atoms in total. The lowest BCUT2D eigenvalue weighted by molar-refractivity contribution is 0.0266. The van der Waals surface area contributed by atoms with Gasteiger partial charge in [0.25, 0.3) is 0 Å². The predicted molar refractivity (Wildman–Crippen MR) is 67.8 cm³/mol. The molecule has 98 valence electrons. The van der Waals surface area contributed by atoms with E-state index in [4.69, 9.17) is 9.84 Å². The van der Waals surface area contributed by atoms with Crippen LogP contribution in [0.2, 0.25) is 0 Å². The van der Waals surface area contributed by atoms with E-state index in [1.165, 1.54) is 12.1 Å². The van der Waals surface area contributed by atoms with Gasteiger partial charge in [-0.25, -0.2) is 9.59 Å². The van der Waals surface area contributed by atoms with E-state index in [1.807, 2.05) is 13.8 Å². The highest BCUT2D eigenvalue weighted by atomic mass is 16.5. The highest BCUT2D eigenvalue weighted by molar-refractivity contribution is 6.02. The smallest absolute Gasteiger partial charge is 0.339 e. The minimum absolute atomic E-state index is 0.0196. The quantitative estimate of drug-likeness (QED) is 0.788. The number of benzene rings is 1. The van der Waals surface area contributed by atoms with Crippen LogP contribution in [-0.4, -0.2) is 23.1 Å². The zero-order valence-corrected chi connectivity index (χ0v) is 10.7. The SMILES string of the molecule is CCC[C@H](CC)OC(=O)c1ccccc1C(=O)O. The molecule has 0 unspecified atom stereocenters. The van der Waals surface area contributed by atoms with Gasteiger partial charge in [0.2, 0.25) is 0 Å². The molecule has 1 rings (SSSR count). The van der Waals surface area contributed by atoms with Crippen molar-refractivity contribution in [3.8, 4) is 0 Å². The lowest BCUT2D eigenvalue weighted by atomic mass is 10.1. The van der Waals surface area contributed by atoms with Crippen LogP contribution in [0.3, 0.4) is 0 Å². The lowest BCUT2D eigenvalue weighted by Crippen LogP contribution is -2.19. The summed E-state index contributed by atoms with van der Waals surface area (Å²) in [6, 6.07) is 6.09. The lowest BCUT2D eigenvalue weighted by Gasteiger charge is -2.15. The molecule has 0 radical (unpaired) electrons. The standard InChI is InChI=1S/C14H18O4/c1-3-7-10(4-2)18-14(17)12-9-6-5-8-11(12)13(15)16/h5-6,8-10H,3-4,7H2,1-2H3,(H,15,16)/t10-/m0/s1. The third kappa shape index (κ3) is 3.58. The molecule has 0 spiro atoms. The third-order valence-electron chi connectivity index (χ3n) is 2.72. The Morgan fingerprint density at radius 1 is 1.22 bits per heavy atom. The summed E-state index contributed by atoms with van der Waals surface area (Å²) < 4.78 is 5.31. The maximum absolute atomic E-state index is 11.9. The maximum atomic E-state index is 11.9. The second kappa shape index (κ2) is 6.79. The Kier molecular flexibility index (Phi) is 5.36. The largest absolute Gasteiger partial charge is 0.478 e.